The zero-order valence-corrected chi connectivity index (χ0v) is 26.3. The summed E-state index contributed by atoms with van der Waals surface area (Å²) in [7, 11) is -3.83. The van der Waals surface area contributed by atoms with Gasteiger partial charge in [-0.15, -0.1) is 0 Å². The van der Waals surface area contributed by atoms with Crippen molar-refractivity contribution >= 4 is 45.0 Å². The lowest BCUT2D eigenvalue weighted by Gasteiger charge is -2.32. The Kier molecular flexibility index (Phi) is 11.1. The lowest BCUT2D eigenvalue weighted by molar-refractivity contribution is -0.190. The van der Waals surface area contributed by atoms with Crippen molar-refractivity contribution in [3.8, 4) is 11.6 Å². The fraction of sp³-hybridized carbons (Fsp3) is 0.481. The average Bonchev–Trinajstić information content (AvgIpc) is 3.38. The van der Waals surface area contributed by atoms with Gasteiger partial charge in [0.25, 0.3) is 21.6 Å². The molecule has 18 heteroatoms. The van der Waals surface area contributed by atoms with E-state index in [1.807, 2.05) is 6.92 Å². The highest BCUT2D eigenvalue weighted by Crippen LogP contribution is 2.23. The van der Waals surface area contributed by atoms with E-state index < -0.39 is 77.6 Å². The van der Waals surface area contributed by atoms with Gasteiger partial charge in [-0.1, -0.05) is 5.16 Å². The third kappa shape index (κ3) is 9.64. The molecule has 2 heterocycles. The minimum absolute atomic E-state index is 0.189. The fourth-order valence-electron chi connectivity index (χ4n) is 4.18. The topological polar surface area (TPSA) is 222 Å². The summed E-state index contributed by atoms with van der Waals surface area (Å²) in [5.74, 6) is -3.80. The van der Waals surface area contributed by atoms with Gasteiger partial charge in [0, 0.05) is 27.7 Å². The van der Waals surface area contributed by atoms with Gasteiger partial charge >= 0.3 is 23.9 Å². The van der Waals surface area contributed by atoms with Crippen LogP contribution in [0.25, 0.3) is 22.6 Å². The Morgan fingerprint density at radius 3 is 2.07 bits per heavy atom. The standard InChI is InChI=1S/C27H32N4O13S/c1-13-8-19-20(9-14(13)2)31(27(36)24(28-19)26-29-23(30-44-26)12-40-45(7,37)38)10-21(41-16(4)33)25(43-18(6)35)22(42-17(5)34)11-39-15(3)32/h8-9,21-22,25H,10-12H2,1-7H3/t21-,22+,25-/m0/s1. The van der Waals surface area contributed by atoms with Gasteiger partial charge in [-0.05, 0) is 37.1 Å². The number of carbonyl (C=O) groups is 4. The first kappa shape index (κ1) is 34.8. The van der Waals surface area contributed by atoms with Crippen molar-refractivity contribution < 1.29 is 55.2 Å². The highest BCUT2D eigenvalue weighted by molar-refractivity contribution is 7.85. The van der Waals surface area contributed by atoms with Crippen molar-refractivity contribution in [2.24, 2.45) is 0 Å². The molecule has 0 fully saturated rings. The van der Waals surface area contributed by atoms with Crippen LogP contribution in [0.3, 0.4) is 0 Å². The Labute approximate surface area is 256 Å². The number of hydrogen-bond donors (Lipinski definition) is 0. The molecule has 1 aromatic carbocycles. The van der Waals surface area contributed by atoms with Crippen LogP contribution in [0.4, 0.5) is 0 Å². The Bertz CT molecular complexity index is 1780. The van der Waals surface area contributed by atoms with Gasteiger partial charge in [0.15, 0.2) is 29.8 Å². The molecule has 244 valence electrons. The maximum absolute atomic E-state index is 14.0. The lowest BCUT2D eigenvalue weighted by atomic mass is 10.1. The number of aryl methyl sites for hydroxylation is 2. The lowest BCUT2D eigenvalue weighted by Crippen LogP contribution is -2.50. The molecule has 0 unspecified atom stereocenters. The summed E-state index contributed by atoms with van der Waals surface area (Å²) >= 11 is 0. The van der Waals surface area contributed by atoms with Crippen molar-refractivity contribution in [1.82, 2.24) is 19.7 Å². The zero-order valence-electron chi connectivity index (χ0n) is 25.5. The third-order valence-corrected chi connectivity index (χ3v) is 6.66. The summed E-state index contributed by atoms with van der Waals surface area (Å²) in [5, 5.41) is 3.64. The van der Waals surface area contributed by atoms with E-state index in [9.17, 15) is 32.4 Å². The van der Waals surface area contributed by atoms with Gasteiger partial charge in [-0.25, -0.2) is 4.98 Å². The Hall–Kier alpha value is -4.71. The maximum atomic E-state index is 14.0. The molecule has 3 atom stereocenters. The van der Waals surface area contributed by atoms with Crippen molar-refractivity contribution in [2.75, 3.05) is 12.9 Å². The van der Waals surface area contributed by atoms with Gasteiger partial charge in [0.1, 0.15) is 13.2 Å². The first-order valence-electron chi connectivity index (χ1n) is 13.3. The number of carbonyl (C=O) groups excluding carboxylic acids is 4. The summed E-state index contributed by atoms with van der Waals surface area (Å²) < 4.78 is 55.0. The molecule has 45 heavy (non-hydrogen) atoms. The molecule has 0 aliphatic rings. The quantitative estimate of drug-likeness (QED) is 0.142. The Balaban J connectivity index is 2.22. The van der Waals surface area contributed by atoms with Gasteiger partial charge < -0.3 is 28.0 Å². The molecule has 0 aliphatic heterocycles. The fourth-order valence-corrected chi connectivity index (χ4v) is 4.50. The van der Waals surface area contributed by atoms with Gasteiger partial charge in [-0.3, -0.25) is 28.2 Å². The molecule has 0 saturated carbocycles. The van der Waals surface area contributed by atoms with Crippen LogP contribution in [-0.4, -0.2) is 83.2 Å². The Morgan fingerprint density at radius 2 is 1.49 bits per heavy atom. The van der Waals surface area contributed by atoms with E-state index in [1.54, 1.807) is 19.1 Å². The zero-order chi connectivity index (χ0) is 33.6. The number of aromatic nitrogens is 4. The van der Waals surface area contributed by atoms with Gasteiger partial charge in [0.2, 0.25) is 0 Å². The molecule has 0 amide bonds. The normalized spacial score (nSPS) is 13.5. The molecule has 3 rings (SSSR count). The molecule has 0 aliphatic carbocycles. The largest absolute Gasteiger partial charge is 0.462 e. The number of rotatable bonds is 13. The number of fused-ring (bicyclic) bond motifs is 1. The van der Waals surface area contributed by atoms with Crippen LogP contribution in [0.15, 0.2) is 21.5 Å². The number of ether oxygens (including phenoxy) is 4. The first-order chi connectivity index (χ1) is 20.9. The molecule has 0 saturated heterocycles. The van der Waals surface area contributed by atoms with E-state index in [2.05, 4.69) is 19.3 Å². The Morgan fingerprint density at radius 1 is 0.889 bits per heavy atom. The third-order valence-electron chi connectivity index (χ3n) is 6.12. The number of nitrogens with zero attached hydrogens (tertiary/aromatic N) is 4. The van der Waals surface area contributed by atoms with Crippen LogP contribution in [0.2, 0.25) is 0 Å². The minimum atomic E-state index is -3.83. The second kappa shape index (κ2) is 14.4. The van der Waals surface area contributed by atoms with Crippen LogP contribution >= 0.6 is 0 Å². The van der Waals surface area contributed by atoms with Crippen LogP contribution in [0.1, 0.15) is 44.6 Å². The van der Waals surface area contributed by atoms with Crippen molar-refractivity contribution in [1.29, 1.82) is 0 Å². The highest BCUT2D eigenvalue weighted by Gasteiger charge is 2.39. The average molecular weight is 653 g/mol. The van der Waals surface area contributed by atoms with Crippen molar-refractivity contribution in [2.45, 2.75) is 73.0 Å². The summed E-state index contributed by atoms with van der Waals surface area (Å²) in [5.41, 5.74) is 0.983. The second-order valence-electron chi connectivity index (χ2n) is 9.96. The number of hydrogen-bond acceptors (Lipinski definition) is 16. The second-order valence-corrected chi connectivity index (χ2v) is 11.6. The van der Waals surface area contributed by atoms with Crippen molar-refractivity contribution in [3.05, 3.63) is 39.4 Å². The maximum Gasteiger partial charge on any atom is 0.303 e. The molecular formula is C27H32N4O13S. The van der Waals surface area contributed by atoms with Crippen LogP contribution in [0, 0.1) is 13.8 Å². The molecule has 3 aromatic rings. The molecule has 0 radical (unpaired) electrons. The summed E-state index contributed by atoms with van der Waals surface area (Å²) in [6.45, 7) is 6.32. The predicted molar refractivity (Wildman–Crippen MR) is 152 cm³/mol. The monoisotopic (exact) mass is 652 g/mol. The smallest absolute Gasteiger partial charge is 0.303 e. The first-order valence-corrected chi connectivity index (χ1v) is 15.1. The minimum Gasteiger partial charge on any atom is -0.462 e. The summed E-state index contributed by atoms with van der Waals surface area (Å²) in [6.07, 6.45) is -3.64. The molecule has 17 nitrogen and oxygen atoms in total. The summed E-state index contributed by atoms with van der Waals surface area (Å²) in [4.78, 5) is 70.4. The number of benzene rings is 1. The summed E-state index contributed by atoms with van der Waals surface area (Å²) in [6, 6.07) is 3.34. The van der Waals surface area contributed by atoms with Gasteiger partial charge in [0.05, 0.1) is 23.8 Å². The van der Waals surface area contributed by atoms with Crippen LogP contribution in [0.5, 0.6) is 0 Å². The predicted octanol–water partition coefficient (Wildman–Crippen LogP) is 0.898. The van der Waals surface area contributed by atoms with E-state index in [0.29, 0.717) is 0 Å². The molecular weight excluding hydrogens is 620 g/mol. The highest BCUT2D eigenvalue weighted by atomic mass is 32.2. The van der Waals surface area contributed by atoms with Crippen molar-refractivity contribution in [3.63, 3.8) is 0 Å². The molecule has 2 aromatic heterocycles. The van der Waals surface area contributed by atoms with Crippen LogP contribution in [-0.2, 0) is 65.6 Å². The van der Waals surface area contributed by atoms with Gasteiger partial charge in [-0.2, -0.15) is 13.4 Å². The van der Waals surface area contributed by atoms with Crippen LogP contribution < -0.4 is 5.56 Å². The van der Waals surface area contributed by atoms with E-state index >= 15 is 0 Å². The van der Waals surface area contributed by atoms with E-state index in [1.165, 1.54) is 4.57 Å². The SMILES string of the molecule is CC(=O)OC[C@@H](OC(C)=O)[C@@H](OC(C)=O)[C@H](Cn1c(=O)c(-c2nc(COS(C)(=O)=O)no2)nc2cc(C)c(C)cc21)OC(C)=O. The van der Waals surface area contributed by atoms with E-state index in [0.717, 1.165) is 45.1 Å². The van der Waals surface area contributed by atoms with E-state index in [4.69, 9.17) is 23.5 Å². The molecule has 0 spiro atoms. The molecule has 0 N–H and O–H groups in total. The number of esters is 4. The van der Waals surface area contributed by atoms with E-state index in [-0.39, 0.29) is 28.4 Å². The molecule has 0 bridgehead atoms.